The van der Waals surface area contributed by atoms with Gasteiger partial charge in [-0.05, 0) is 197 Å². The summed E-state index contributed by atoms with van der Waals surface area (Å²) in [4.78, 5) is 135. The van der Waals surface area contributed by atoms with Gasteiger partial charge >= 0.3 is 0 Å². The molecule has 18 N–H and O–H groups in total. The SMILES string of the molecule is C[C@H](O)[C@@H](NC(=O)[C@@H](Cc1c[nH]c2ccccc12)NC(=O)c1cc2ccc3cccc4ccc(c1)c2c34)C(=O)N[C@H](CCCCN)C(=O)NCCCC[C@@H](NC(=O)[C@@H](CCCCN)NC(=O)[C@H](NC(=O)[C@@H](Cc1c[nH]c2ccccc12)NC(=O)c1cc2ccc3cccc4ccc(c1)c2c34)[C@H](C)O)C(N)=O. The normalized spacial score (nSPS) is 14.3. The summed E-state index contributed by atoms with van der Waals surface area (Å²) in [5.74, 6) is -6.73. The van der Waals surface area contributed by atoms with Crippen molar-refractivity contribution in [1.82, 2.24) is 52.5 Å². The molecule has 0 aliphatic heterocycles. The molecular formula is C82H89N13O11. The van der Waals surface area contributed by atoms with Gasteiger partial charge in [0.25, 0.3) is 11.8 Å². The third-order valence-electron chi connectivity index (χ3n) is 20.1. The number of aromatic nitrogens is 2. The van der Waals surface area contributed by atoms with Crippen LogP contribution in [0.4, 0.5) is 0 Å². The van der Waals surface area contributed by atoms with Crippen LogP contribution in [0, 0.1) is 0 Å². The monoisotopic (exact) mass is 1430 g/mol. The van der Waals surface area contributed by atoms with E-state index in [4.69, 9.17) is 17.2 Å². The predicted octanol–water partition coefficient (Wildman–Crippen LogP) is 7.04. The van der Waals surface area contributed by atoms with Crippen LogP contribution in [0.1, 0.15) is 103 Å². The molecule has 12 rings (SSSR count). The quantitative estimate of drug-likeness (QED) is 0.0140. The van der Waals surface area contributed by atoms with Gasteiger partial charge in [-0.2, -0.15) is 0 Å². The van der Waals surface area contributed by atoms with Gasteiger partial charge in [-0.3, -0.25) is 43.2 Å². The van der Waals surface area contributed by atoms with Gasteiger partial charge in [-0.1, -0.05) is 121 Å². The number of aromatic amines is 2. The lowest BCUT2D eigenvalue weighted by Crippen LogP contribution is -2.60. The van der Waals surface area contributed by atoms with Gasteiger partial charge in [0, 0.05) is 64.7 Å². The Morgan fingerprint density at radius 2 is 0.726 bits per heavy atom. The number of hydrogen-bond donors (Lipinski definition) is 15. The Hall–Kier alpha value is -11.6. The van der Waals surface area contributed by atoms with Crippen molar-refractivity contribution < 1.29 is 53.4 Å². The van der Waals surface area contributed by atoms with E-state index >= 15 is 0 Å². The van der Waals surface area contributed by atoms with Crippen LogP contribution in [0.2, 0.25) is 0 Å². The number of rotatable bonds is 35. The maximum atomic E-state index is 14.7. The van der Waals surface area contributed by atoms with Gasteiger partial charge < -0.3 is 79.9 Å². The number of benzene rings is 10. The summed E-state index contributed by atoms with van der Waals surface area (Å²) in [5, 5.41) is 57.8. The fraction of sp³-hybridized carbons (Fsp3) is 0.305. The second-order valence-corrected chi connectivity index (χ2v) is 27.6. The number of para-hydroxylation sites is 2. The molecule has 24 heteroatoms. The molecule has 0 spiro atoms. The molecule has 24 nitrogen and oxygen atoms in total. The molecule has 9 atom stereocenters. The predicted molar refractivity (Wildman–Crippen MR) is 412 cm³/mol. The number of amides is 9. The smallest absolute Gasteiger partial charge is 0.251 e. The van der Waals surface area contributed by atoms with Gasteiger partial charge in [0.05, 0.1) is 12.2 Å². The fourth-order valence-corrected chi connectivity index (χ4v) is 14.4. The zero-order valence-electron chi connectivity index (χ0n) is 59.1. The van der Waals surface area contributed by atoms with Crippen molar-refractivity contribution in [3.05, 3.63) is 192 Å². The molecule has 2 heterocycles. The Labute approximate surface area is 610 Å². The molecule has 0 bridgehead atoms. The zero-order valence-corrected chi connectivity index (χ0v) is 59.1. The van der Waals surface area contributed by atoms with Gasteiger partial charge in [0.1, 0.15) is 42.3 Å². The molecule has 0 radical (unpaired) electrons. The number of primary amides is 1. The molecule has 2 aromatic heterocycles. The highest BCUT2D eigenvalue weighted by Gasteiger charge is 2.36. The highest BCUT2D eigenvalue weighted by atomic mass is 16.3. The van der Waals surface area contributed by atoms with E-state index in [1.807, 2.05) is 133 Å². The first-order valence-corrected chi connectivity index (χ1v) is 36.2. The number of unbranched alkanes of at least 4 members (excludes halogenated alkanes) is 3. The van der Waals surface area contributed by atoms with Gasteiger partial charge in [0.15, 0.2) is 0 Å². The van der Waals surface area contributed by atoms with Crippen molar-refractivity contribution in [1.29, 1.82) is 0 Å². The summed E-state index contributed by atoms with van der Waals surface area (Å²) in [5.41, 5.74) is 21.1. The number of hydrogen-bond acceptors (Lipinski definition) is 13. The molecule has 9 amide bonds. The minimum atomic E-state index is -1.65. The summed E-state index contributed by atoms with van der Waals surface area (Å²) >= 11 is 0. The van der Waals surface area contributed by atoms with E-state index < -0.39 is 108 Å². The fourth-order valence-electron chi connectivity index (χ4n) is 14.4. The van der Waals surface area contributed by atoms with Crippen molar-refractivity contribution in [2.45, 2.75) is 139 Å². The lowest BCUT2D eigenvalue weighted by Gasteiger charge is -2.27. The maximum Gasteiger partial charge on any atom is 0.251 e. The second-order valence-electron chi connectivity index (χ2n) is 27.6. The Morgan fingerprint density at radius 1 is 0.377 bits per heavy atom. The first kappa shape index (κ1) is 74.2. The van der Waals surface area contributed by atoms with Gasteiger partial charge in [0.2, 0.25) is 41.4 Å². The number of nitrogens with two attached hydrogens (primary N) is 3. The summed E-state index contributed by atoms with van der Waals surface area (Å²) in [6, 6.07) is 40.5. The third kappa shape index (κ3) is 16.8. The number of fused-ring (bicyclic) bond motifs is 2. The Morgan fingerprint density at radius 3 is 1.12 bits per heavy atom. The minimum absolute atomic E-state index is 0.00161. The Balaban J connectivity index is 0.669. The topological polar surface area (TPSA) is 400 Å². The van der Waals surface area contributed by atoms with Crippen molar-refractivity contribution in [3.63, 3.8) is 0 Å². The first-order chi connectivity index (χ1) is 51.2. The Kier molecular flexibility index (Phi) is 23.4. The number of carbonyl (C=O) groups is 9. The third-order valence-corrected chi connectivity index (χ3v) is 20.1. The maximum absolute atomic E-state index is 14.7. The standard InChI is InChI=1S/C82H89N13O11/c1-45(96)72(94-79(103)66(41-57-43-87-61-21-5-3-19-59(57)61)92-75(99)55-37-51-30-26-47-15-13-16-48-27-31-52(38-55)70(51)68(47)48)81(105)90-64(24-7-10-34-83)77(101)86-36-12-9-23-63(74(85)98)89-78(102)65(25-8-11-35-84)91-82(106)73(46(2)97)95-80(104)67(42-58-44-88-62-22-6-4-20-60(58)62)93-76(100)56-39-53-32-28-49-17-14-18-50-29-33-54(40-56)71(53)69(49)50/h3-6,13-22,26-33,37-40,43-46,63-67,72-73,87-88,96-97H,7-12,23-25,34-36,41-42,83-84H2,1-2H3,(H2,85,98)(H,86,101)(H,89,102)(H,90,105)(H,91,106)(H,92,99)(H,93,100)(H,94,103)(H,95,104)/t45-,46-,63+,64+,65+,66+,67+,72+,73+/m0/s1. The van der Waals surface area contributed by atoms with Crippen LogP contribution in [0.3, 0.4) is 0 Å². The molecule has 12 aromatic rings. The molecule has 548 valence electrons. The van der Waals surface area contributed by atoms with E-state index in [1.165, 1.54) is 13.8 Å². The molecule has 0 aliphatic carbocycles. The summed E-state index contributed by atoms with van der Waals surface area (Å²) in [7, 11) is 0. The molecule has 10 aromatic carbocycles. The lowest BCUT2D eigenvalue weighted by molar-refractivity contribution is -0.135. The highest BCUT2D eigenvalue weighted by molar-refractivity contribution is 6.25. The van der Waals surface area contributed by atoms with Crippen molar-refractivity contribution in [3.8, 4) is 0 Å². The minimum Gasteiger partial charge on any atom is -0.391 e. The van der Waals surface area contributed by atoms with Crippen LogP contribution < -0.4 is 59.7 Å². The number of nitrogens with one attached hydrogen (secondary N) is 10. The molecule has 106 heavy (non-hydrogen) atoms. The average Bonchev–Trinajstić information content (AvgIpc) is 0.937. The van der Waals surface area contributed by atoms with E-state index in [1.54, 1.807) is 36.7 Å². The molecule has 0 aliphatic rings. The van der Waals surface area contributed by atoms with Gasteiger partial charge in [-0.25, -0.2) is 0 Å². The first-order valence-electron chi connectivity index (χ1n) is 36.2. The summed E-state index contributed by atoms with van der Waals surface area (Å²) < 4.78 is 0. The van der Waals surface area contributed by atoms with E-state index in [0.29, 0.717) is 54.5 Å². The van der Waals surface area contributed by atoms with Crippen molar-refractivity contribution in [2.75, 3.05) is 19.6 Å². The van der Waals surface area contributed by atoms with Crippen LogP contribution in [0.15, 0.2) is 170 Å². The van der Waals surface area contributed by atoms with Crippen LogP contribution >= 0.6 is 0 Å². The van der Waals surface area contributed by atoms with Gasteiger partial charge in [-0.15, -0.1) is 0 Å². The number of aliphatic hydroxyl groups excluding tert-OH is 2. The number of aliphatic hydroxyl groups is 2. The summed E-state index contributed by atoms with van der Waals surface area (Å²) in [6.07, 6.45) is 2.85. The van der Waals surface area contributed by atoms with Crippen molar-refractivity contribution in [2.24, 2.45) is 17.2 Å². The highest BCUT2D eigenvalue weighted by Crippen LogP contribution is 2.37. The van der Waals surface area contributed by atoms with E-state index in [0.717, 1.165) is 86.4 Å². The second kappa shape index (κ2) is 33.5. The number of carbonyl (C=O) groups excluding carboxylic acids is 9. The Bertz CT molecular complexity index is 5100. The van der Waals surface area contributed by atoms with Crippen LogP contribution in [-0.4, -0.2) is 147 Å². The van der Waals surface area contributed by atoms with Crippen LogP contribution in [0.25, 0.3) is 86.4 Å². The molecular weight excluding hydrogens is 1340 g/mol. The van der Waals surface area contributed by atoms with Crippen molar-refractivity contribution >= 4 is 140 Å². The lowest BCUT2D eigenvalue weighted by atomic mass is 9.92. The molecule has 0 saturated heterocycles. The van der Waals surface area contributed by atoms with E-state index in [-0.39, 0.29) is 58.0 Å². The van der Waals surface area contributed by atoms with E-state index in [2.05, 4.69) is 52.5 Å². The van der Waals surface area contributed by atoms with Crippen LogP contribution in [0.5, 0.6) is 0 Å². The molecule has 0 fully saturated rings. The largest absolute Gasteiger partial charge is 0.391 e. The summed E-state index contributed by atoms with van der Waals surface area (Å²) in [6.45, 7) is 3.22. The zero-order chi connectivity index (χ0) is 74.7. The van der Waals surface area contributed by atoms with E-state index in [9.17, 15) is 53.4 Å². The molecule has 0 saturated carbocycles. The molecule has 0 unspecified atom stereocenters. The average molecular weight is 1430 g/mol. The number of H-pyrrole nitrogens is 2. The van der Waals surface area contributed by atoms with Crippen LogP contribution in [-0.2, 0) is 46.4 Å².